The number of carbonyl (C=O) groups is 1. The number of halogens is 2. The van der Waals surface area contributed by atoms with Gasteiger partial charge in [0.05, 0.1) is 16.2 Å². The molecule has 0 radical (unpaired) electrons. The summed E-state index contributed by atoms with van der Waals surface area (Å²) in [6.07, 6.45) is 0. The zero-order chi connectivity index (χ0) is 17.3. The minimum atomic E-state index is -0.352. The Morgan fingerprint density at radius 3 is 2.67 bits per heavy atom. The van der Waals surface area contributed by atoms with Crippen LogP contribution in [0.5, 0.6) is 0 Å². The van der Waals surface area contributed by atoms with E-state index in [1.165, 1.54) is 10.6 Å². The molecule has 0 aliphatic rings. The van der Waals surface area contributed by atoms with E-state index in [1.807, 2.05) is 31.2 Å². The molecule has 0 fully saturated rings. The number of nitrogens with zero attached hydrogens (tertiary/aromatic N) is 1. The molecule has 0 bridgehead atoms. The molecular weight excluding hydrogens is 347 g/mol. The van der Waals surface area contributed by atoms with Crippen LogP contribution < -0.4 is 10.9 Å². The number of anilines is 1. The molecule has 122 valence electrons. The molecule has 24 heavy (non-hydrogen) atoms. The van der Waals surface area contributed by atoms with Gasteiger partial charge in [-0.3, -0.25) is 14.2 Å². The average Bonchev–Trinajstić information content (AvgIpc) is 2.55. The molecule has 2 aromatic carbocycles. The van der Waals surface area contributed by atoms with E-state index in [9.17, 15) is 9.59 Å². The summed E-state index contributed by atoms with van der Waals surface area (Å²) >= 11 is 12.0. The molecule has 1 heterocycles. The van der Waals surface area contributed by atoms with Gasteiger partial charge in [0.1, 0.15) is 6.54 Å². The van der Waals surface area contributed by atoms with E-state index in [4.69, 9.17) is 23.2 Å². The fourth-order valence-corrected chi connectivity index (χ4v) is 2.93. The second-order valence-electron chi connectivity index (χ2n) is 5.44. The third-order valence-corrected chi connectivity index (χ3v) is 4.29. The fraction of sp³-hybridized carbons (Fsp3) is 0.111. The zero-order valence-electron chi connectivity index (χ0n) is 12.8. The summed E-state index contributed by atoms with van der Waals surface area (Å²) in [5.74, 6) is -0.352. The first kappa shape index (κ1) is 16.6. The van der Waals surface area contributed by atoms with Crippen molar-refractivity contribution in [2.24, 2.45) is 0 Å². The quantitative estimate of drug-likeness (QED) is 0.758. The van der Waals surface area contributed by atoms with Crippen molar-refractivity contribution in [1.82, 2.24) is 4.57 Å². The first-order chi connectivity index (χ1) is 11.5. The Morgan fingerprint density at radius 2 is 1.88 bits per heavy atom. The van der Waals surface area contributed by atoms with Gasteiger partial charge in [0.2, 0.25) is 5.91 Å². The van der Waals surface area contributed by atoms with Crippen LogP contribution in [0.25, 0.3) is 10.9 Å². The maximum absolute atomic E-state index is 12.4. The van der Waals surface area contributed by atoms with Crippen LogP contribution in [0.2, 0.25) is 10.0 Å². The Bertz CT molecular complexity index is 996. The maximum Gasteiger partial charge on any atom is 0.251 e. The number of benzene rings is 2. The highest BCUT2D eigenvalue weighted by molar-refractivity contribution is 6.35. The monoisotopic (exact) mass is 360 g/mol. The van der Waals surface area contributed by atoms with Gasteiger partial charge >= 0.3 is 0 Å². The Kier molecular flexibility index (Phi) is 4.60. The van der Waals surface area contributed by atoms with Gasteiger partial charge in [0, 0.05) is 16.5 Å². The Labute approximate surface area is 148 Å². The first-order valence-electron chi connectivity index (χ1n) is 7.30. The van der Waals surface area contributed by atoms with Crippen molar-refractivity contribution in [1.29, 1.82) is 0 Å². The van der Waals surface area contributed by atoms with Crippen LogP contribution in [0.15, 0.2) is 53.3 Å². The predicted molar refractivity (Wildman–Crippen MR) is 98.0 cm³/mol. The maximum atomic E-state index is 12.4. The summed E-state index contributed by atoms with van der Waals surface area (Å²) in [4.78, 5) is 24.7. The molecule has 1 amide bonds. The van der Waals surface area contributed by atoms with Crippen molar-refractivity contribution in [3.05, 3.63) is 74.5 Å². The second kappa shape index (κ2) is 6.67. The molecule has 1 aromatic heterocycles. The van der Waals surface area contributed by atoms with Gasteiger partial charge in [-0.1, -0.05) is 41.4 Å². The molecule has 6 heteroatoms. The summed E-state index contributed by atoms with van der Waals surface area (Å²) in [6.45, 7) is 1.77. The lowest BCUT2D eigenvalue weighted by Gasteiger charge is -2.13. The zero-order valence-corrected chi connectivity index (χ0v) is 14.4. The highest BCUT2D eigenvalue weighted by Gasteiger charge is 2.11. The van der Waals surface area contributed by atoms with Gasteiger partial charge < -0.3 is 5.32 Å². The number of pyridine rings is 1. The first-order valence-corrected chi connectivity index (χ1v) is 8.05. The third-order valence-electron chi connectivity index (χ3n) is 3.73. The second-order valence-corrected chi connectivity index (χ2v) is 6.28. The lowest BCUT2D eigenvalue weighted by molar-refractivity contribution is -0.116. The van der Waals surface area contributed by atoms with Gasteiger partial charge in [-0.05, 0) is 36.8 Å². The molecule has 4 nitrogen and oxygen atoms in total. The Balaban J connectivity index is 1.94. The number of nitrogens with one attached hydrogen (secondary N) is 1. The van der Waals surface area contributed by atoms with Crippen LogP contribution >= 0.6 is 23.2 Å². The highest BCUT2D eigenvalue weighted by Crippen LogP contribution is 2.25. The Hall–Kier alpha value is -2.30. The number of para-hydroxylation sites is 1. The van der Waals surface area contributed by atoms with Crippen molar-refractivity contribution in [3.63, 3.8) is 0 Å². The number of hydrogen-bond acceptors (Lipinski definition) is 2. The highest BCUT2D eigenvalue weighted by atomic mass is 35.5. The van der Waals surface area contributed by atoms with E-state index in [1.54, 1.807) is 18.2 Å². The number of rotatable bonds is 3. The number of carbonyl (C=O) groups excluding carboxylic acids is 1. The van der Waals surface area contributed by atoms with Crippen LogP contribution in [0.1, 0.15) is 5.56 Å². The van der Waals surface area contributed by atoms with Crippen LogP contribution in [0.3, 0.4) is 0 Å². The van der Waals surface area contributed by atoms with Gasteiger partial charge in [-0.2, -0.15) is 0 Å². The average molecular weight is 361 g/mol. The van der Waals surface area contributed by atoms with Crippen molar-refractivity contribution in [2.45, 2.75) is 13.5 Å². The lowest BCUT2D eigenvalue weighted by atomic mass is 10.1. The van der Waals surface area contributed by atoms with E-state index < -0.39 is 0 Å². The minimum Gasteiger partial charge on any atom is -0.323 e. The molecule has 0 unspecified atom stereocenters. The summed E-state index contributed by atoms with van der Waals surface area (Å²) < 4.78 is 1.44. The number of fused-ring (bicyclic) bond motifs is 1. The number of aromatic nitrogens is 1. The molecular formula is C18H14Cl2N2O2. The Morgan fingerprint density at radius 1 is 1.12 bits per heavy atom. The molecule has 0 aliphatic heterocycles. The molecule has 3 aromatic rings. The van der Waals surface area contributed by atoms with E-state index >= 15 is 0 Å². The molecule has 0 aliphatic carbocycles. The van der Waals surface area contributed by atoms with Crippen LogP contribution in [-0.4, -0.2) is 10.5 Å². The van der Waals surface area contributed by atoms with Crippen molar-refractivity contribution < 1.29 is 4.79 Å². The van der Waals surface area contributed by atoms with E-state index in [0.29, 0.717) is 15.7 Å². The molecule has 3 rings (SSSR count). The molecule has 0 saturated carbocycles. The largest absolute Gasteiger partial charge is 0.323 e. The lowest BCUT2D eigenvalue weighted by Crippen LogP contribution is -2.28. The van der Waals surface area contributed by atoms with E-state index in [0.717, 1.165) is 16.5 Å². The fourth-order valence-electron chi connectivity index (χ4n) is 2.59. The van der Waals surface area contributed by atoms with Crippen molar-refractivity contribution in [3.8, 4) is 0 Å². The van der Waals surface area contributed by atoms with Gasteiger partial charge in [-0.15, -0.1) is 0 Å². The summed E-state index contributed by atoms with van der Waals surface area (Å²) in [7, 11) is 0. The smallest absolute Gasteiger partial charge is 0.251 e. The predicted octanol–water partition coefficient (Wildman–Crippen LogP) is 4.26. The molecule has 0 atom stereocenters. The standard InChI is InChI=1S/C18H14Cl2N2O2/c1-11-8-18(24)22(16-5-3-2-4-13(11)16)10-17(23)21-15-9-12(19)6-7-14(15)20/h2-9H,10H2,1H3,(H,21,23). The number of amides is 1. The summed E-state index contributed by atoms with van der Waals surface area (Å²) in [5, 5.41) is 4.48. The summed E-state index contributed by atoms with van der Waals surface area (Å²) in [5.41, 5.74) is 1.79. The van der Waals surface area contributed by atoms with Crippen molar-refractivity contribution >= 4 is 45.7 Å². The molecule has 0 saturated heterocycles. The summed E-state index contributed by atoms with van der Waals surface area (Å²) in [6, 6.07) is 13.8. The topological polar surface area (TPSA) is 51.1 Å². The number of aryl methyl sites for hydroxylation is 1. The van der Waals surface area contributed by atoms with Crippen LogP contribution in [0, 0.1) is 6.92 Å². The van der Waals surface area contributed by atoms with Gasteiger partial charge in [0.15, 0.2) is 0 Å². The molecule has 1 N–H and O–H groups in total. The number of hydrogen-bond donors (Lipinski definition) is 1. The molecule has 0 spiro atoms. The van der Waals surface area contributed by atoms with Crippen LogP contribution in [0.4, 0.5) is 5.69 Å². The van der Waals surface area contributed by atoms with Gasteiger partial charge in [0.25, 0.3) is 5.56 Å². The van der Waals surface area contributed by atoms with E-state index in [2.05, 4.69) is 5.32 Å². The van der Waals surface area contributed by atoms with Crippen molar-refractivity contribution in [2.75, 3.05) is 5.32 Å². The SMILES string of the molecule is Cc1cc(=O)n(CC(=O)Nc2cc(Cl)ccc2Cl)c2ccccc12. The normalized spacial score (nSPS) is 10.8. The van der Waals surface area contributed by atoms with Crippen LogP contribution in [-0.2, 0) is 11.3 Å². The third kappa shape index (κ3) is 3.30. The van der Waals surface area contributed by atoms with Gasteiger partial charge in [-0.25, -0.2) is 0 Å². The minimum absolute atomic E-state index is 0.109. The van der Waals surface area contributed by atoms with E-state index in [-0.39, 0.29) is 18.0 Å².